The third kappa shape index (κ3) is 8.07. The van der Waals surface area contributed by atoms with Crippen molar-refractivity contribution < 1.29 is 37.9 Å². The van der Waals surface area contributed by atoms with Gasteiger partial charge in [-0.3, -0.25) is 4.99 Å². The summed E-state index contributed by atoms with van der Waals surface area (Å²) in [6.45, 7) is 5.17. The fourth-order valence-corrected chi connectivity index (χ4v) is 8.57. The molecule has 0 bridgehead atoms. The Morgan fingerprint density at radius 3 is 2.33 bits per heavy atom. The van der Waals surface area contributed by atoms with Crippen LogP contribution in [0.25, 0.3) is 27.6 Å². The average Bonchev–Trinajstić information content (AvgIpc) is 3.69. The highest BCUT2D eigenvalue weighted by atomic mass is 16.8. The molecule has 334 valence electrons. The van der Waals surface area contributed by atoms with Gasteiger partial charge in [-0.05, 0) is 68.5 Å². The van der Waals surface area contributed by atoms with E-state index in [4.69, 9.17) is 53.6 Å². The molecule has 6 aromatic rings. The van der Waals surface area contributed by atoms with E-state index in [1.54, 1.807) is 47.8 Å². The molecule has 3 saturated heterocycles. The first-order valence-corrected chi connectivity index (χ1v) is 20.9. The number of nitrogens with one attached hydrogen (secondary N) is 2. The molecule has 17 heteroatoms. The quantitative estimate of drug-likeness (QED) is 0.0705. The van der Waals surface area contributed by atoms with E-state index in [-0.39, 0.29) is 0 Å². The number of anilines is 3. The molecular formula is C47H53N9O8. The zero-order chi connectivity index (χ0) is 44.8. The number of ether oxygens (including phenoxy) is 8. The van der Waals surface area contributed by atoms with Crippen LogP contribution >= 0.6 is 0 Å². The Balaban J connectivity index is 1.01. The lowest BCUT2D eigenvalue weighted by Crippen LogP contribution is -2.46. The van der Waals surface area contributed by atoms with E-state index >= 15 is 0 Å². The van der Waals surface area contributed by atoms with E-state index in [2.05, 4.69) is 31.6 Å². The Bertz CT molecular complexity index is 2750. The van der Waals surface area contributed by atoms with Crippen LogP contribution in [0.4, 0.5) is 17.3 Å². The lowest BCUT2D eigenvalue weighted by Gasteiger charge is -2.28. The van der Waals surface area contributed by atoms with Gasteiger partial charge in [-0.2, -0.15) is 0 Å². The van der Waals surface area contributed by atoms with Gasteiger partial charge in [-0.1, -0.05) is 6.07 Å². The second-order valence-electron chi connectivity index (χ2n) is 16.4. The fraction of sp³-hybridized carbons (Fsp3) is 0.362. The summed E-state index contributed by atoms with van der Waals surface area (Å²) in [5.74, 6) is 3.32. The number of hydrogen-bond acceptors (Lipinski definition) is 16. The predicted octanol–water partition coefficient (Wildman–Crippen LogP) is 6.52. The van der Waals surface area contributed by atoms with Crippen LogP contribution in [0.3, 0.4) is 0 Å². The summed E-state index contributed by atoms with van der Waals surface area (Å²) in [6, 6.07) is 21.7. The molecule has 3 aliphatic heterocycles. The number of nitrogens with zero attached hydrogens (tertiary/aromatic N) is 6. The molecular weight excluding hydrogens is 819 g/mol. The molecule has 6 heterocycles. The van der Waals surface area contributed by atoms with Gasteiger partial charge < -0.3 is 63.7 Å². The van der Waals surface area contributed by atoms with Crippen LogP contribution in [0.1, 0.15) is 36.8 Å². The van der Waals surface area contributed by atoms with Crippen molar-refractivity contribution in [2.75, 3.05) is 64.7 Å². The van der Waals surface area contributed by atoms with Crippen LogP contribution in [0.5, 0.6) is 23.0 Å². The number of rotatable bonds is 16. The lowest BCUT2D eigenvalue weighted by molar-refractivity contribution is -0.202. The Morgan fingerprint density at radius 2 is 1.62 bits per heavy atom. The summed E-state index contributed by atoms with van der Waals surface area (Å²) >= 11 is 0. The number of aliphatic imine (C=N–C) groups is 1. The van der Waals surface area contributed by atoms with Crippen LogP contribution in [-0.4, -0.2) is 105 Å². The third-order valence-corrected chi connectivity index (χ3v) is 11.8. The smallest absolute Gasteiger partial charge is 0.191 e. The van der Waals surface area contributed by atoms with Crippen LogP contribution < -0.4 is 40.2 Å². The maximum absolute atomic E-state index is 7.03. The van der Waals surface area contributed by atoms with E-state index < -0.39 is 36.1 Å². The topological polar surface area (TPSA) is 186 Å². The maximum atomic E-state index is 7.03. The van der Waals surface area contributed by atoms with Gasteiger partial charge >= 0.3 is 0 Å². The van der Waals surface area contributed by atoms with Gasteiger partial charge in [0.25, 0.3) is 0 Å². The number of hydrogen-bond donors (Lipinski definition) is 3. The highest BCUT2D eigenvalue weighted by Crippen LogP contribution is 2.51. The summed E-state index contributed by atoms with van der Waals surface area (Å²) in [5.41, 5.74) is 11.1. The van der Waals surface area contributed by atoms with Crippen LogP contribution in [-0.2, 0) is 32.0 Å². The Labute approximate surface area is 371 Å². The van der Waals surface area contributed by atoms with Gasteiger partial charge in [0, 0.05) is 85.2 Å². The number of benzene rings is 3. The monoisotopic (exact) mass is 871 g/mol. The van der Waals surface area contributed by atoms with Crippen molar-refractivity contribution in [2.24, 2.45) is 10.7 Å². The highest BCUT2D eigenvalue weighted by Gasteiger charge is 2.67. The number of aromatic nitrogens is 4. The summed E-state index contributed by atoms with van der Waals surface area (Å²) in [4.78, 5) is 20.8. The summed E-state index contributed by atoms with van der Waals surface area (Å²) < 4.78 is 50.7. The van der Waals surface area contributed by atoms with Crippen molar-refractivity contribution in [3.8, 4) is 23.0 Å². The first-order valence-electron chi connectivity index (χ1n) is 20.9. The van der Waals surface area contributed by atoms with E-state index in [1.165, 1.54) is 6.33 Å². The Hall–Kier alpha value is -6.66. The largest absolute Gasteiger partial charge is 0.497 e. The molecule has 2 unspecified atom stereocenters. The Kier molecular flexibility index (Phi) is 11.4. The standard InChI is InChI=1S/C47H53N9O8/c1-46(2)63-40-41(64-46)45(56-24-33(34(48)17-18-49-3)39-43(51-26-52-44(39)56)50-22-28-10-14-31(57-5)20-36(28)59-7)62-42(40)47(25-61-47)54-30-13-9-27-12-16-38(53-35(27)19-30)55(4)23-29-11-15-32(58-6)21-37(29)60-8/h9-21,24,26,40-42,45,54H,22-23,25,48H2,1-8H3,(H,50,51,52)/b34-17-,49-18?/t40-,41+,42?,45+,47?/m0/s1. The number of methoxy groups -OCH3 is 4. The summed E-state index contributed by atoms with van der Waals surface area (Å²) in [5, 5.41) is 8.85. The number of fused-ring (bicyclic) bond motifs is 3. The highest BCUT2D eigenvalue weighted by molar-refractivity contribution is 6.00. The van der Waals surface area contributed by atoms with Crippen molar-refractivity contribution in [1.82, 2.24) is 19.5 Å². The van der Waals surface area contributed by atoms with Crippen LogP contribution in [0.2, 0.25) is 0 Å². The summed E-state index contributed by atoms with van der Waals surface area (Å²) in [6.07, 6.45) is 4.51. The molecule has 9 rings (SSSR count). The molecule has 3 fully saturated rings. The molecule has 0 amide bonds. The first-order chi connectivity index (χ1) is 31.0. The van der Waals surface area contributed by atoms with Crippen molar-refractivity contribution in [2.45, 2.75) is 63.0 Å². The van der Waals surface area contributed by atoms with Crippen molar-refractivity contribution in [1.29, 1.82) is 0 Å². The molecule has 0 spiro atoms. The molecule has 0 radical (unpaired) electrons. The molecule has 0 aliphatic carbocycles. The van der Waals surface area contributed by atoms with Gasteiger partial charge in [0.2, 0.25) is 0 Å². The molecule has 5 atom stereocenters. The maximum Gasteiger partial charge on any atom is 0.191 e. The minimum Gasteiger partial charge on any atom is -0.497 e. The zero-order valence-corrected chi connectivity index (χ0v) is 37.1. The van der Waals surface area contributed by atoms with Crippen LogP contribution in [0.15, 0.2) is 90.3 Å². The molecule has 3 aromatic heterocycles. The molecule has 0 saturated carbocycles. The number of epoxide rings is 1. The van der Waals surface area contributed by atoms with Crippen molar-refractivity contribution in [3.05, 3.63) is 102 Å². The van der Waals surface area contributed by atoms with E-state index in [0.29, 0.717) is 59.3 Å². The third-order valence-electron chi connectivity index (χ3n) is 11.8. The molecule has 17 nitrogen and oxygen atoms in total. The van der Waals surface area contributed by atoms with Gasteiger partial charge in [0.05, 0.1) is 39.3 Å². The second kappa shape index (κ2) is 17.1. The van der Waals surface area contributed by atoms with E-state index in [0.717, 1.165) is 45.0 Å². The SMILES string of the molecule is CN=C/C=C(\N)c1cn([C@@H]2OC(C3(Nc4ccc5ccc(N(C)Cc6ccc(OC)cc6OC)nc5c4)CO3)[C@H]3OC(C)(C)O[C@H]32)c2ncnc(NCc3ccc(OC)cc3OC)c12. The number of allylic oxidation sites excluding steroid dienone is 1. The van der Waals surface area contributed by atoms with Gasteiger partial charge in [0.15, 0.2) is 17.7 Å². The normalized spacial score (nSPS) is 22.5. The average molecular weight is 872 g/mol. The van der Waals surface area contributed by atoms with Gasteiger partial charge in [-0.25, -0.2) is 15.0 Å². The number of pyridine rings is 1. The Morgan fingerprint density at radius 1 is 0.922 bits per heavy atom. The minimum atomic E-state index is -0.921. The predicted molar refractivity (Wildman–Crippen MR) is 244 cm³/mol. The van der Waals surface area contributed by atoms with Crippen molar-refractivity contribution >= 4 is 51.2 Å². The first kappa shape index (κ1) is 42.6. The minimum absolute atomic E-state index is 0.379. The fourth-order valence-electron chi connectivity index (χ4n) is 8.57. The molecule has 3 aliphatic rings. The van der Waals surface area contributed by atoms with Crippen LogP contribution in [0, 0.1) is 0 Å². The molecule has 64 heavy (non-hydrogen) atoms. The lowest BCUT2D eigenvalue weighted by atomic mass is 10.0. The van der Waals surface area contributed by atoms with E-state index in [1.807, 2.05) is 92.3 Å². The summed E-state index contributed by atoms with van der Waals surface area (Å²) in [7, 11) is 10.2. The zero-order valence-electron chi connectivity index (χ0n) is 37.1. The van der Waals surface area contributed by atoms with Gasteiger partial charge in [-0.15, -0.1) is 0 Å². The van der Waals surface area contributed by atoms with E-state index in [9.17, 15) is 0 Å². The number of nitrogens with two attached hydrogens (primary N) is 1. The van der Waals surface area contributed by atoms with Gasteiger partial charge in [0.1, 0.15) is 71.5 Å². The second-order valence-corrected chi connectivity index (χ2v) is 16.4. The molecule has 3 aromatic carbocycles. The van der Waals surface area contributed by atoms with Crippen molar-refractivity contribution in [3.63, 3.8) is 0 Å². The molecule has 4 N–H and O–H groups in total.